The molecule has 1 amide bonds. The second-order valence-corrected chi connectivity index (χ2v) is 9.45. The van der Waals surface area contributed by atoms with Gasteiger partial charge in [-0.25, -0.2) is 9.37 Å². The van der Waals surface area contributed by atoms with Crippen LogP contribution >= 0.6 is 0 Å². The summed E-state index contributed by atoms with van der Waals surface area (Å²) in [6.45, 7) is 3.67. The minimum absolute atomic E-state index is 0.00818. The lowest BCUT2D eigenvalue weighted by Crippen LogP contribution is -2.46. The van der Waals surface area contributed by atoms with Crippen molar-refractivity contribution in [3.8, 4) is 0 Å². The average molecular weight is 517 g/mol. The predicted molar refractivity (Wildman–Crippen MR) is 149 cm³/mol. The Kier molecular flexibility index (Phi) is 8.65. The van der Waals surface area contributed by atoms with Gasteiger partial charge in [0.15, 0.2) is 0 Å². The number of benzene rings is 2. The number of hydrogen-bond donors (Lipinski definition) is 4. The third kappa shape index (κ3) is 7.36. The molecule has 2 aromatic carbocycles. The van der Waals surface area contributed by atoms with Crippen molar-refractivity contribution in [2.45, 2.75) is 25.8 Å². The quantitative estimate of drug-likeness (QED) is 0.308. The Morgan fingerprint density at radius 2 is 1.74 bits per heavy atom. The maximum absolute atomic E-state index is 13.1. The van der Waals surface area contributed by atoms with E-state index in [0.29, 0.717) is 60.1 Å². The largest absolute Gasteiger partial charge is 0.402 e. The van der Waals surface area contributed by atoms with Crippen molar-refractivity contribution < 1.29 is 9.18 Å². The molecular formula is C28H33FN8O. The first-order valence-electron chi connectivity index (χ1n) is 12.5. The molecule has 0 unspecified atom stereocenters. The van der Waals surface area contributed by atoms with E-state index >= 15 is 0 Å². The first-order chi connectivity index (χ1) is 18.3. The van der Waals surface area contributed by atoms with Crippen LogP contribution in [0.1, 0.15) is 30.1 Å². The van der Waals surface area contributed by atoms with E-state index in [0.717, 1.165) is 18.5 Å². The van der Waals surface area contributed by atoms with Gasteiger partial charge < -0.3 is 26.7 Å². The third-order valence-corrected chi connectivity index (χ3v) is 6.36. The van der Waals surface area contributed by atoms with Crippen LogP contribution in [-0.2, 0) is 0 Å². The number of amides is 1. The number of hydrogen-bond acceptors (Lipinski definition) is 8. The number of piperidine rings is 1. The van der Waals surface area contributed by atoms with Gasteiger partial charge in [-0.2, -0.15) is 4.98 Å². The molecule has 38 heavy (non-hydrogen) atoms. The normalized spacial score (nSPS) is 14.4. The van der Waals surface area contributed by atoms with Gasteiger partial charge in [0, 0.05) is 60.2 Å². The molecule has 1 aliphatic heterocycles. The summed E-state index contributed by atoms with van der Waals surface area (Å²) in [6.07, 6.45) is 5.03. The lowest BCUT2D eigenvalue weighted by Gasteiger charge is -2.36. The van der Waals surface area contributed by atoms with Crippen molar-refractivity contribution in [2.24, 2.45) is 5.73 Å². The first-order valence-corrected chi connectivity index (χ1v) is 12.5. The number of aromatic nitrogens is 2. The molecule has 10 heteroatoms. The molecule has 5 N–H and O–H groups in total. The van der Waals surface area contributed by atoms with Crippen LogP contribution in [0, 0.1) is 11.2 Å². The van der Waals surface area contributed by atoms with Crippen molar-refractivity contribution in [2.75, 3.05) is 37.3 Å². The van der Waals surface area contributed by atoms with Crippen LogP contribution in [0.3, 0.4) is 0 Å². The molecule has 0 aliphatic carbocycles. The number of halogens is 1. The van der Waals surface area contributed by atoms with Gasteiger partial charge in [-0.15, -0.1) is 0 Å². The summed E-state index contributed by atoms with van der Waals surface area (Å²) < 4.78 is 13.1. The summed E-state index contributed by atoms with van der Waals surface area (Å²) in [5.41, 5.74) is 8.89. The lowest BCUT2D eigenvalue weighted by atomic mass is 10.0. The maximum atomic E-state index is 13.1. The van der Waals surface area contributed by atoms with Crippen LogP contribution in [0.2, 0.25) is 0 Å². The molecule has 0 saturated carbocycles. The van der Waals surface area contributed by atoms with Crippen molar-refractivity contribution >= 4 is 34.8 Å². The Balaban J connectivity index is 1.29. The monoisotopic (exact) mass is 516 g/mol. The summed E-state index contributed by atoms with van der Waals surface area (Å²) in [4.78, 5) is 25.8. The van der Waals surface area contributed by atoms with Crippen LogP contribution in [0.4, 0.5) is 27.5 Å². The molecule has 1 fully saturated rings. The molecule has 198 valence electrons. The van der Waals surface area contributed by atoms with E-state index in [9.17, 15) is 9.18 Å². The van der Waals surface area contributed by atoms with Gasteiger partial charge in [0.05, 0.1) is 0 Å². The fourth-order valence-corrected chi connectivity index (χ4v) is 4.41. The number of nitrogens with zero attached hydrogens (tertiary/aromatic N) is 4. The second kappa shape index (κ2) is 12.3. The molecular weight excluding hydrogens is 483 g/mol. The van der Waals surface area contributed by atoms with Crippen molar-refractivity contribution in [1.29, 1.82) is 5.41 Å². The lowest BCUT2D eigenvalue weighted by molar-refractivity contribution is 0.0657. The SMILES string of the molecule is C/C(N)=C/C(=N)CN(C)C1CCN(C(=O)c2ccc(Nc3nccc(Nc4ccc(F)cc4)n3)cc2)CC1. The van der Waals surface area contributed by atoms with Gasteiger partial charge in [-0.1, -0.05) is 0 Å². The highest BCUT2D eigenvalue weighted by atomic mass is 19.1. The van der Waals surface area contributed by atoms with Gasteiger partial charge in [-0.3, -0.25) is 9.69 Å². The van der Waals surface area contributed by atoms with Crippen LogP contribution in [0.5, 0.6) is 0 Å². The molecule has 2 heterocycles. The van der Waals surface area contributed by atoms with Crippen LogP contribution < -0.4 is 16.4 Å². The average Bonchev–Trinajstić information content (AvgIpc) is 2.90. The third-order valence-electron chi connectivity index (χ3n) is 6.36. The summed E-state index contributed by atoms with van der Waals surface area (Å²) >= 11 is 0. The minimum atomic E-state index is -0.302. The molecule has 0 atom stereocenters. The van der Waals surface area contributed by atoms with E-state index in [4.69, 9.17) is 11.1 Å². The zero-order valence-corrected chi connectivity index (χ0v) is 21.6. The summed E-state index contributed by atoms with van der Waals surface area (Å²) in [5, 5.41) is 14.3. The molecule has 0 radical (unpaired) electrons. The van der Waals surface area contributed by atoms with Gasteiger partial charge >= 0.3 is 0 Å². The summed E-state index contributed by atoms with van der Waals surface area (Å²) in [7, 11) is 2.01. The number of likely N-dealkylation sites (tertiary alicyclic amines) is 1. The van der Waals surface area contributed by atoms with Crippen molar-refractivity contribution in [3.63, 3.8) is 0 Å². The number of allylic oxidation sites excluding steroid dienone is 1. The fourth-order valence-electron chi connectivity index (χ4n) is 4.41. The zero-order valence-electron chi connectivity index (χ0n) is 21.6. The highest BCUT2D eigenvalue weighted by Gasteiger charge is 2.26. The Bertz CT molecular complexity index is 1280. The van der Waals surface area contributed by atoms with E-state index in [1.54, 1.807) is 49.5 Å². The van der Waals surface area contributed by atoms with Gasteiger partial charge in [0.1, 0.15) is 11.6 Å². The minimum Gasteiger partial charge on any atom is -0.402 e. The Hall–Kier alpha value is -4.31. The summed E-state index contributed by atoms with van der Waals surface area (Å²) in [6, 6.07) is 15.3. The number of carbonyl (C=O) groups is 1. The van der Waals surface area contributed by atoms with Gasteiger partial charge in [0.25, 0.3) is 5.91 Å². The number of anilines is 4. The highest BCUT2D eigenvalue weighted by Crippen LogP contribution is 2.21. The molecule has 1 aliphatic rings. The Morgan fingerprint density at radius 3 is 2.39 bits per heavy atom. The van der Waals surface area contributed by atoms with E-state index < -0.39 is 0 Å². The molecule has 0 bridgehead atoms. The molecule has 9 nitrogen and oxygen atoms in total. The van der Waals surface area contributed by atoms with E-state index in [1.165, 1.54) is 12.1 Å². The van der Waals surface area contributed by atoms with Crippen LogP contribution in [0.25, 0.3) is 0 Å². The standard InChI is InChI=1S/C28H33FN8O/c1-19(30)17-22(31)18-36(2)25-12-15-37(16-13-25)27(38)20-3-7-24(8-4-20)34-28-32-14-11-26(35-28)33-23-9-5-21(29)6-10-23/h3-11,14,17,25,31H,12-13,15-16,18,30H2,1-2H3,(H2,32,33,34,35)/b19-17-,31-22?. The molecule has 0 spiro atoms. The van der Waals surface area contributed by atoms with Gasteiger partial charge in [-0.05, 0) is 87.5 Å². The number of rotatable bonds is 9. The predicted octanol–water partition coefficient (Wildman–Crippen LogP) is 4.52. The van der Waals surface area contributed by atoms with E-state index in [-0.39, 0.29) is 11.7 Å². The zero-order chi connectivity index (χ0) is 27.1. The molecule has 4 rings (SSSR count). The van der Waals surface area contributed by atoms with E-state index in [1.807, 2.05) is 24.1 Å². The highest BCUT2D eigenvalue weighted by molar-refractivity contribution is 5.95. The summed E-state index contributed by atoms with van der Waals surface area (Å²) in [5.74, 6) is 0.669. The number of nitrogens with one attached hydrogen (secondary N) is 3. The van der Waals surface area contributed by atoms with Crippen LogP contribution in [0.15, 0.2) is 72.6 Å². The van der Waals surface area contributed by atoms with Gasteiger partial charge in [0.2, 0.25) is 5.95 Å². The molecule has 3 aromatic rings. The Morgan fingerprint density at radius 1 is 1.11 bits per heavy atom. The topological polar surface area (TPSA) is 123 Å². The maximum Gasteiger partial charge on any atom is 0.253 e. The number of nitrogens with two attached hydrogens (primary N) is 1. The number of carbonyl (C=O) groups excluding carboxylic acids is 1. The molecule has 1 aromatic heterocycles. The Labute approximate surface area is 222 Å². The van der Waals surface area contributed by atoms with Crippen molar-refractivity contribution in [1.82, 2.24) is 19.8 Å². The fraction of sp³-hybridized carbons (Fsp3) is 0.286. The first kappa shape index (κ1) is 26.7. The smallest absolute Gasteiger partial charge is 0.253 e. The van der Waals surface area contributed by atoms with Crippen LogP contribution in [-0.4, -0.2) is 64.1 Å². The van der Waals surface area contributed by atoms with Crippen molar-refractivity contribution in [3.05, 3.63) is 83.9 Å². The second-order valence-electron chi connectivity index (χ2n) is 9.45. The van der Waals surface area contributed by atoms with E-state index in [2.05, 4.69) is 25.5 Å². The molecule has 1 saturated heterocycles.